The quantitative estimate of drug-likeness (QED) is 0.788. The van der Waals surface area contributed by atoms with Crippen molar-refractivity contribution in [1.29, 1.82) is 0 Å². The first-order valence-electron chi connectivity index (χ1n) is 5.88. The van der Waals surface area contributed by atoms with Crippen molar-refractivity contribution in [2.45, 2.75) is 13.5 Å². The molecule has 0 aliphatic rings. The lowest BCUT2D eigenvalue weighted by Crippen LogP contribution is -2.18. The zero-order valence-electron chi connectivity index (χ0n) is 10.6. The number of nitrogens with zero attached hydrogens (tertiary/aromatic N) is 2. The molecule has 1 aromatic heterocycles. The molecule has 1 aromatic carbocycles. The molecule has 0 saturated carbocycles. The van der Waals surface area contributed by atoms with Crippen molar-refractivity contribution in [3.05, 3.63) is 35.7 Å². The standard InChI is InChI=1S/C13H17N3O2/c1-10-4-3-5-11(8-10)13-16-15-12(18-13)9-14-6-7-17-2/h3-5,8,14H,6-7,9H2,1-2H3. The average Bonchev–Trinajstić information content (AvgIpc) is 2.83. The molecule has 0 amide bonds. The first kappa shape index (κ1) is 12.7. The number of aryl methyl sites for hydroxylation is 1. The Kier molecular flexibility index (Phi) is 4.44. The maximum Gasteiger partial charge on any atom is 0.247 e. The topological polar surface area (TPSA) is 60.2 Å². The predicted molar refractivity (Wildman–Crippen MR) is 68.1 cm³/mol. The van der Waals surface area contributed by atoms with Crippen LogP contribution in [0.1, 0.15) is 11.5 Å². The fraction of sp³-hybridized carbons (Fsp3) is 0.385. The third kappa shape index (κ3) is 3.38. The van der Waals surface area contributed by atoms with Crippen molar-refractivity contribution < 1.29 is 9.15 Å². The van der Waals surface area contributed by atoms with E-state index in [0.29, 0.717) is 24.9 Å². The van der Waals surface area contributed by atoms with Gasteiger partial charge in [-0.05, 0) is 19.1 Å². The second-order valence-corrected chi connectivity index (χ2v) is 4.04. The van der Waals surface area contributed by atoms with Crippen molar-refractivity contribution >= 4 is 0 Å². The van der Waals surface area contributed by atoms with E-state index in [-0.39, 0.29) is 0 Å². The number of hydrogen-bond donors (Lipinski definition) is 1. The second-order valence-electron chi connectivity index (χ2n) is 4.04. The molecule has 0 bridgehead atoms. The normalized spacial score (nSPS) is 10.8. The molecule has 18 heavy (non-hydrogen) atoms. The maximum absolute atomic E-state index is 5.58. The van der Waals surface area contributed by atoms with Crippen molar-refractivity contribution in [1.82, 2.24) is 15.5 Å². The SMILES string of the molecule is COCCNCc1nnc(-c2cccc(C)c2)o1. The van der Waals surface area contributed by atoms with Crippen LogP contribution in [0.4, 0.5) is 0 Å². The Morgan fingerprint density at radius 3 is 3.00 bits per heavy atom. The fourth-order valence-electron chi connectivity index (χ4n) is 1.59. The Bertz CT molecular complexity index is 496. The van der Waals surface area contributed by atoms with E-state index in [1.807, 2.05) is 31.2 Å². The molecular weight excluding hydrogens is 230 g/mol. The smallest absolute Gasteiger partial charge is 0.247 e. The first-order valence-corrected chi connectivity index (χ1v) is 5.88. The minimum Gasteiger partial charge on any atom is -0.419 e. The largest absolute Gasteiger partial charge is 0.419 e. The summed E-state index contributed by atoms with van der Waals surface area (Å²) in [5, 5.41) is 11.2. The highest BCUT2D eigenvalue weighted by Crippen LogP contribution is 2.18. The molecule has 0 fully saturated rings. The summed E-state index contributed by atoms with van der Waals surface area (Å²) in [6.07, 6.45) is 0. The van der Waals surface area contributed by atoms with Gasteiger partial charge in [0.25, 0.3) is 0 Å². The Hall–Kier alpha value is -1.72. The number of ether oxygens (including phenoxy) is 1. The van der Waals surface area contributed by atoms with E-state index in [1.165, 1.54) is 5.56 Å². The molecule has 5 heteroatoms. The molecule has 0 aliphatic heterocycles. The molecule has 96 valence electrons. The van der Waals surface area contributed by atoms with Gasteiger partial charge in [0.1, 0.15) is 0 Å². The molecule has 2 aromatic rings. The number of aromatic nitrogens is 2. The van der Waals surface area contributed by atoms with Gasteiger partial charge in [0.2, 0.25) is 11.8 Å². The molecular formula is C13H17N3O2. The summed E-state index contributed by atoms with van der Waals surface area (Å²) >= 11 is 0. The highest BCUT2D eigenvalue weighted by atomic mass is 16.5. The molecule has 2 rings (SSSR count). The van der Waals surface area contributed by atoms with Gasteiger partial charge in [-0.15, -0.1) is 10.2 Å². The molecule has 1 N–H and O–H groups in total. The Balaban J connectivity index is 1.97. The van der Waals surface area contributed by atoms with E-state index in [1.54, 1.807) is 7.11 Å². The lowest BCUT2D eigenvalue weighted by atomic mass is 10.1. The summed E-state index contributed by atoms with van der Waals surface area (Å²) in [6.45, 7) is 4.02. The van der Waals surface area contributed by atoms with Crippen molar-refractivity contribution in [3.63, 3.8) is 0 Å². The highest BCUT2D eigenvalue weighted by molar-refractivity contribution is 5.53. The van der Waals surface area contributed by atoms with Crippen LogP contribution in [0.5, 0.6) is 0 Å². The van der Waals surface area contributed by atoms with Gasteiger partial charge in [0.05, 0.1) is 13.2 Å². The lowest BCUT2D eigenvalue weighted by Gasteiger charge is -1.99. The van der Waals surface area contributed by atoms with Gasteiger partial charge >= 0.3 is 0 Å². The molecule has 0 spiro atoms. The zero-order valence-corrected chi connectivity index (χ0v) is 10.6. The van der Waals surface area contributed by atoms with E-state index < -0.39 is 0 Å². The van der Waals surface area contributed by atoms with Crippen LogP contribution in [-0.2, 0) is 11.3 Å². The monoisotopic (exact) mass is 247 g/mol. The van der Waals surface area contributed by atoms with Crippen LogP contribution in [0, 0.1) is 6.92 Å². The minimum absolute atomic E-state index is 0.558. The molecule has 0 radical (unpaired) electrons. The highest BCUT2D eigenvalue weighted by Gasteiger charge is 2.07. The minimum atomic E-state index is 0.558. The predicted octanol–water partition coefficient (Wildman–Crippen LogP) is 1.78. The third-order valence-electron chi connectivity index (χ3n) is 2.49. The summed E-state index contributed by atoms with van der Waals surface area (Å²) in [4.78, 5) is 0. The number of nitrogens with one attached hydrogen (secondary N) is 1. The van der Waals surface area contributed by atoms with Gasteiger partial charge in [-0.1, -0.05) is 17.7 Å². The van der Waals surface area contributed by atoms with Gasteiger partial charge in [0.15, 0.2) is 0 Å². The summed E-state index contributed by atoms with van der Waals surface area (Å²) in [5.41, 5.74) is 2.12. The second kappa shape index (κ2) is 6.28. The zero-order chi connectivity index (χ0) is 12.8. The first-order chi connectivity index (χ1) is 8.79. The molecule has 0 atom stereocenters. The van der Waals surface area contributed by atoms with Gasteiger partial charge in [-0.3, -0.25) is 0 Å². The van der Waals surface area contributed by atoms with E-state index >= 15 is 0 Å². The Labute approximate surface area is 106 Å². The van der Waals surface area contributed by atoms with Crippen LogP contribution in [0.15, 0.2) is 28.7 Å². The van der Waals surface area contributed by atoms with Gasteiger partial charge in [-0.2, -0.15) is 0 Å². The molecule has 5 nitrogen and oxygen atoms in total. The fourth-order valence-corrected chi connectivity index (χ4v) is 1.59. The van der Waals surface area contributed by atoms with Crippen LogP contribution in [-0.4, -0.2) is 30.5 Å². The number of benzene rings is 1. The third-order valence-corrected chi connectivity index (χ3v) is 2.49. The van der Waals surface area contributed by atoms with Gasteiger partial charge < -0.3 is 14.5 Å². The maximum atomic E-state index is 5.58. The van der Waals surface area contributed by atoms with E-state index in [9.17, 15) is 0 Å². The summed E-state index contributed by atoms with van der Waals surface area (Å²) in [7, 11) is 1.67. The van der Waals surface area contributed by atoms with E-state index in [4.69, 9.17) is 9.15 Å². The molecule has 0 aliphatic carbocycles. The van der Waals surface area contributed by atoms with Crippen LogP contribution in [0.3, 0.4) is 0 Å². The van der Waals surface area contributed by atoms with Crippen molar-refractivity contribution in [2.75, 3.05) is 20.3 Å². The Morgan fingerprint density at radius 1 is 1.33 bits per heavy atom. The molecule has 0 saturated heterocycles. The van der Waals surface area contributed by atoms with Crippen molar-refractivity contribution in [2.24, 2.45) is 0 Å². The number of methoxy groups -OCH3 is 1. The van der Waals surface area contributed by atoms with Crippen LogP contribution in [0.2, 0.25) is 0 Å². The molecule has 0 unspecified atom stereocenters. The molecule has 1 heterocycles. The number of hydrogen-bond acceptors (Lipinski definition) is 5. The summed E-state index contributed by atoms with van der Waals surface area (Å²) in [5.74, 6) is 1.14. The van der Waals surface area contributed by atoms with Gasteiger partial charge in [-0.25, -0.2) is 0 Å². The van der Waals surface area contributed by atoms with Gasteiger partial charge in [0, 0.05) is 19.2 Å². The van der Waals surface area contributed by atoms with Crippen LogP contribution in [0.25, 0.3) is 11.5 Å². The number of rotatable bonds is 6. The summed E-state index contributed by atoms with van der Waals surface area (Å²) in [6, 6.07) is 8.00. The average molecular weight is 247 g/mol. The van der Waals surface area contributed by atoms with Crippen molar-refractivity contribution in [3.8, 4) is 11.5 Å². The van der Waals surface area contributed by atoms with E-state index in [0.717, 1.165) is 12.1 Å². The van der Waals surface area contributed by atoms with Crippen LogP contribution < -0.4 is 5.32 Å². The Morgan fingerprint density at radius 2 is 2.22 bits per heavy atom. The van der Waals surface area contributed by atoms with Crippen LogP contribution >= 0.6 is 0 Å². The summed E-state index contributed by atoms with van der Waals surface area (Å²) < 4.78 is 10.5. The van der Waals surface area contributed by atoms with E-state index in [2.05, 4.69) is 15.5 Å². The lowest BCUT2D eigenvalue weighted by molar-refractivity contribution is 0.198.